The third kappa shape index (κ3) is 3.85. The molecule has 0 unspecified atom stereocenters. The van der Waals surface area contributed by atoms with Crippen LogP contribution >= 0.6 is 0 Å². The van der Waals surface area contributed by atoms with Crippen molar-refractivity contribution < 1.29 is 18.3 Å². The Hall–Kier alpha value is -1.81. The van der Waals surface area contributed by atoms with E-state index in [1.165, 1.54) is 12.1 Å². The third-order valence-corrected chi connectivity index (χ3v) is 3.40. The molecule has 4 heteroatoms. The summed E-state index contributed by atoms with van der Waals surface area (Å²) in [7, 11) is 0. The maximum absolute atomic E-state index is 12.5. The van der Waals surface area contributed by atoms with Crippen molar-refractivity contribution in [3.63, 3.8) is 0 Å². The van der Waals surface area contributed by atoms with Gasteiger partial charge in [-0.2, -0.15) is 13.2 Å². The average Bonchev–Trinajstić information content (AvgIpc) is 2.47. The van der Waals surface area contributed by atoms with Gasteiger partial charge in [0.15, 0.2) is 0 Å². The molecule has 0 fully saturated rings. The van der Waals surface area contributed by atoms with Gasteiger partial charge in [-0.05, 0) is 35.2 Å². The van der Waals surface area contributed by atoms with E-state index >= 15 is 0 Å². The molecule has 0 radical (unpaired) electrons. The minimum absolute atomic E-state index is 0.489. The summed E-state index contributed by atoms with van der Waals surface area (Å²) in [5.41, 5.74) is 1.73. The lowest BCUT2D eigenvalue weighted by Crippen LogP contribution is -2.04. The van der Waals surface area contributed by atoms with Crippen LogP contribution < -0.4 is 0 Å². The largest absolute Gasteiger partial charge is 0.416 e. The molecule has 1 N–H and O–H groups in total. The Morgan fingerprint density at radius 3 is 1.81 bits per heavy atom. The van der Waals surface area contributed by atoms with E-state index in [-0.39, 0.29) is 0 Å². The maximum Gasteiger partial charge on any atom is 0.416 e. The molecule has 0 heterocycles. The molecule has 2 aromatic carbocycles. The standard InChI is InChI=1S/C17H17F3O/c1-2-3-16(21)14-6-4-12(5-7-14)13-8-10-15(11-9-13)17(18,19)20/h4-11,16,21H,2-3H2,1H3/t16-/m1/s1. The molecule has 1 nitrogen and oxygen atoms in total. The molecule has 0 bridgehead atoms. The number of rotatable bonds is 4. The molecule has 0 amide bonds. The first-order valence-electron chi connectivity index (χ1n) is 6.87. The first-order valence-corrected chi connectivity index (χ1v) is 6.87. The molecule has 0 aliphatic carbocycles. The molecule has 0 saturated carbocycles. The number of hydrogen-bond acceptors (Lipinski definition) is 1. The topological polar surface area (TPSA) is 20.2 Å². The highest BCUT2D eigenvalue weighted by Gasteiger charge is 2.29. The second kappa shape index (κ2) is 6.31. The fourth-order valence-corrected chi connectivity index (χ4v) is 2.19. The lowest BCUT2D eigenvalue weighted by molar-refractivity contribution is -0.137. The van der Waals surface area contributed by atoms with Crippen LogP contribution in [0.15, 0.2) is 48.5 Å². The van der Waals surface area contributed by atoms with Crippen molar-refractivity contribution in [1.82, 2.24) is 0 Å². The van der Waals surface area contributed by atoms with Gasteiger partial charge in [-0.25, -0.2) is 0 Å². The van der Waals surface area contributed by atoms with Crippen LogP contribution in [-0.4, -0.2) is 5.11 Å². The second-order valence-corrected chi connectivity index (χ2v) is 5.00. The first kappa shape index (κ1) is 15.6. The zero-order valence-electron chi connectivity index (χ0n) is 11.7. The van der Waals surface area contributed by atoms with E-state index in [9.17, 15) is 18.3 Å². The SMILES string of the molecule is CCC[C@@H](O)c1ccc(-c2ccc(C(F)(F)F)cc2)cc1. The van der Waals surface area contributed by atoms with Crippen molar-refractivity contribution in [1.29, 1.82) is 0 Å². The van der Waals surface area contributed by atoms with Crippen LogP contribution in [0.1, 0.15) is 37.0 Å². The van der Waals surface area contributed by atoms with E-state index in [0.29, 0.717) is 6.42 Å². The highest BCUT2D eigenvalue weighted by molar-refractivity contribution is 5.64. The van der Waals surface area contributed by atoms with Crippen LogP contribution in [0.2, 0.25) is 0 Å². The predicted octanol–water partition coefficient (Wildman–Crippen LogP) is 5.21. The smallest absolute Gasteiger partial charge is 0.388 e. The van der Waals surface area contributed by atoms with E-state index in [0.717, 1.165) is 35.2 Å². The monoisotopic (exact) mass is 294 g/mol. The minimum atomic E-state index is -4.31. The average molecular weight is 294 g/mol. The number of hydrogen-bond donors (Lipinski definition) is 1. The third-order valence-electron chi connectivity index (χ3n) is 3.40. The summed E-state index contributed by atoms with van der Waals surface area (Å²) in [5, 5.41) is 9.88. The summed E-state index contributed by atoms with van der Waals surface area (Å²) in [4.78, 5) is 0. The van der Waals surface area contributed by atoms with E-state index < -0.39 is 17.8 Å². The van der Waals surface area contributed by atoms with Gasteiger partial charge in [0.2, 0.25) is 0 Å². The predicted molar refractivity (Wildman–Crippen MR) is 76.7 cm³/mol. The fourth-order valence-electron chi connectivity index (χ4n) is 2.19. The van der Waals surface area contributed by atoms with Crippen LogP contribution in [0.3, 0.4) is 0 Å². The van der Waals surface area contributed by atoms with Gasteiger partial charge in [-0.15, -0.1) is 0 Å². The molecule has 0 aliphatic heterocycles. The molecule has 0 aromatic heterocycles. The van der Waals surface area contributed by atoms with Crippen molar-refractivity contribution in [2.75, 3.05) is 0 Å². The van der Waals surface area contributed by atoms with E-state index in [1.807, 2.05) is 31.2 Å². The first-order chi connectivity index (χ1) is 9.91. The van der Waals surface area contributed by atoms with Gasteiger partial charge in [0, 0.05) is 0 Å². The lowest BCUT2D eigenvalue weighted by atomic mass is 9.99. The maximum atomic E-state index is 12.5. The van der Waals surface area contributed by atoms with Gasteiger partial charge in [0.25, 0.3) is 0 Å². The van der Waals surface area contributed by atoms with E-state index in [1.54, 1.807) is 0 Å². The molecule has 0 aliphatic rings. The molecule has 21 heavy (non-hydrogen) atoms. The summed E-state index contributed by atoms with van der Waals surface area (Å²) < 4.78 is 37.5. The molecule has 2 aromatic rings. The molecule has 0 spiro atoms. The quantitative estimate of drug-likeness (QED) is 0.821. The minimum Gasteiger partial charge on any atom is -0.388 e. The van der Waals surface area contributed by atoms with Gasteiger partial charge in [-0.1, -0.05) is 49.7 Å². The molecular weight excluding hydrogens is 277 g/mol. The van der Waals surface area contributed by atoms with Gasteiger partial charge >= 0.3 is 6.18 Å². The summed E-state index contributed by atoms with van der Waals surface area (Å²) in [5.74, 6) is 0. The number of aliphatic hydroxyl groups is 1. The summed E-state index contributed by atoms with van der Waals surface area (Å²) in [6, 6.07) is 12.3. The van der Waals surface area contributed by atoms with Crippen LogP contribution in [0.4, 0.5) is 13.2 Å². The Balaban J connectivity index is 2.19. The zero-order valence-corrected chi connectivity index (χ0v) is 11.7. The molecule has 0 saturated heterocycles. The lowest BCUT2D eigenvalue weighted by Gasteiger charge is -2.11. The number of aliphatic hydroxyl groups excluding tert-OH is 1. The Labute approximate surface area is 122 Å². The molecular formula is C17H17F3O. The van der Waals surface area contributed by atoms with Gasteiger partial charge in [0.05, 0.1) is 11.7 Å². The van der Waals surface area contributed by atoms with Crippen molar-refractivity contribution >= 4 is 0 Å². The Morgan fingerprint density at radius 2 is 1.38 bits per heavy atom. The van der Waals surface area contributed by atoms with Crippen molar-refractivity contribution in [3.8, 4) is 11.1 Å². The zero-order chi connectivity index (χ0) is 15.5. The second-order valence-electron chi connectivity index (χ2n) is 5.00. The van der Waals surface area contributed by atoms with Crippen LogP contribution in [-0.2, 0) is 6.18 Å². The highest BCUT2D eigenvalue weighted by atomic mass is 19.4. The van der Waals surface area contributed by atoms with Gasteiger partial charge in [0.1, 0.15) is 0 Å². The van der Waals surface area contributed by atoms with Crippen LogP contribution in [0, 0.1) is 0 Å². The van der Waals surface area contributed by atoms with E-state index in [4.69, 9.17) is 0 Å². The summed E-state index contributed by atoms with van der Waals surface area (Å²) in [6.07, 6.45) is -3.22. The van der Waals surface area contributed by atoms with Crippen LogP contribution in [0.25, 0.3) is 11.1 Å². The molecule has 2 rings (SSSR count). The Kier molecular flexibility index (Phi) is 4.68. The number of alkyl halides is 3. The van der Waals surface area contributed by atoms with Crippen molar-refractivity contribution in [2.45, 2.75) is 32.0 Å². The van der Waals surface area contributed by atoms with Crippen LogP contribution in [0.5, 0.6) is 0 Å². The Morgan fingerprint density at radius 1 is 0.905 bits per heavy atom. The number of halogens is 3. The summed E-state index contributed by atoms with van der Waals surface area (Å²) in [6.45, 7) is 2.00. The van der Waals surface area contributed by atoms with Gasteiger partial charge in [-0.3, -0.25) is 0 Å². The van der Waals surface area contributed by atoms with E-state index in [2.05, 4.69) is 0 Å². The highest BCUT2D eigenvalue weighted by Crippen LogP contribution is 2.31. The summed E-state index contributed by atoms with van der Waals surface area (Å²) >= 11 is 0. The number of benzene rings is 2. The van der Waals surface area contributed by atoms with Crippen molar-refractivity contribution in [3.05, 3.63) is 59.7 Å². The molecule has 112 valence electrons. The van der Waals surface area contributed by atoms with Crippen molar-refractivity contribution in [2.24, 2.45) is 0 Å². The molecule has 1 atom stereocenters. The fraction of sp³-hybridized carbons (Fsp3) is 0.294. The van der Waals surface area contributed by atoms with Gasteiger partial charge < -0.3 is 5.11 Å². The Bertz CT molecular complexity index is 570. The normalized spacial score (nSPS) is 13.2.